The molecule has 2 N–H and O–H groups in total. The molecule has 1 amide bonds. The van der Waals surface area contributed by atoms with Gasteiger partial charge in [0, 0.05) is 17.7 Å². The van der Waals surface area contributed by atoms with Crippen molar-refractivity contribution < 1.29 is 13.2 Å². The van der Waals surface area contributed by atoms with Crippen molar-refractivity contribution in [3.05, 3.63) is 22.4 Å². The van der Waals surface area contributed by atoms with Gasteiger partial charge in [0.1, 0.15) is 0 Å². The fourth-order valence-corrected chi connectivity index (χ4v) is 5.24. The van der Waals surface area contributed by atoms with Crippen LogP contribution in [0.4, 0.5) is 0 Å². The Kier molecular flexibility index (Phi) is 9.93. The third kappa shape index (κ3) is 5.55. The summed E-state index contributed by atoms with van der Waals surface area (Å²) in [5, 5.41) is 8.01. The molecule has 0 spiro atoms. The standard InChI is InChI=1S/C15H25N3O3S2.2ClH/c1-18(2)12(13-5-4-10-22-13)11-17-14(19)15(23(3,20)21)6-8-16-9-7-15;;/h4-5,10,12,16H,6-9,11H2,1-3H3,(H,17,19);2*1H. The number of amides is 1. The van der Waals surface area contributed by atoms with Crippen LogP contribution in [0, 0.1) is 0 Å². The molecule has 25 heavy (non-hydrogen) atoms. The van der Waals surface area contributed by atoms with Gasteiger partial charge >= 0.3 is 0 Å². The highest BCUT2D eigenvalue weighted by Gasteiger charge is 2.48. The summed E-state index contributed by atoms with van der Waals surface area (Å²) in [4.78, 5) is 15.9. The second-order valence-corrected chi connectivity index (χ2v) is 9.53. The molecule has 0 radical (unpaired) electrons. The van der Waals surface area contributed by atoms with Gasteiger partial charge in [-0.2, -0.15) is 0 Å². The molecule has 6 nitrogen and oxygen atoms in total. The van der Waals surface area contributed by atoms with Crippen LogP contribution in [0.1, 0.15) is 23.8 Å². The Labute approximate surface area is 166 Å². The van der Waals surface area contributed by atoms with Crippen LogP contribution in [-0.2, 0) is 14.6 Å². The average molecular weight is 432 g/mol. The molecule has 1 aliphatic rings. The van der Waals surface area contributed by atoms with Gasteiger partial charge in [-0.25, -0.2) is 8.42 Å². The number of carbonyl (C=O) groups is 1. The summed E-state index contributed by atoms with van der Waals surface area (Å²) in [5.74, 6) is -0.370. The van der Waals surface area contributed by atoms with Crippen molar-refractivity contribution in [1.82, 2.24) is 15.5 Å². The summed E-state index contributed by atoms with van der Waals surface area (Å²) in [6.07, 6.45) is 1.81. The van der Waals surface area contributed by atoms with Gasteiger partial charge in [-0.3, -0.25) is 4.79 Å². The summed E-state index contributed by atoms with van der Waals surface area (Å²) in [7, 11) is 0.432. The number of likely N-dealkylation sites (N-methyl/N-ethyl adjacent to an activating group) is 1. The van der Waals surface area contributed by atoms with Gasteiger partial charge in [0.2, 0.25) is 5.91 Å². The molecule has 1 saturated heterocycles. The number of thiophene rings is 1. The van der Waals surface area contributed by atoms with Gasteiger partial charge in [-0.1, -0.05) is 6.07 Å². The largest absolute Gasteiger partial charge is 0.353 e. The molecule has 0 saturated carbocycles. The van der Waals surface area contributed by atoms with E-state index in [-0.39, 0.29) is 36.8 Å². The maximum Gasteiger partial charge on any atom is 0.241 e. The van der Waals surface area contributed by atoms with E-state index in [2.05, 4.69) is 10.6 Å². The highest BCUT2D eigenvalue weighted by atomic mass is 35.5. The highest BCUT2D eigenvalue weighted by Crippen LogP contribution is 2.29. The molecule has 1 aliphatic heterocycles. The molecule has 0 bridgehead atoms. The Morgan fingerprint density at radius 1 is 1.36 bits per heavy atom. The maximum absolute atomic E-state index is 12.7. The number of nitrogens with zero attached hydrogens (tertiary/aromatic N) is 1. The van der Waals surface area contributed by atoms with E-state index in [4.69, 9.17) is 0 Å². The minimum absolute atomic E-state index is 0. The lowest BCUT2D eigenvalue weighted by molar-refractivity contribution is -0.124. The van der Waals surface area contributed by atoms with Crippen LogP contribution in [0.15, 0.2) is 17.5 Å². The average Bonchev–Trinajstić information content (AvgIpc) is 3.00. The molecule has 146 valence electrons. The van der Waals surface area contributed by atoms with Crippen molar-refractivity contribution in [2.24, 2.45) is 0 Å². The monoisotopic (exact) mass is 431 g/mol. The zero-order chi connectivity index (χ0) is 17.1. The number of piperidine rings is 1. The Balaban J connectivity index is 0.00000288. The lowest BCUT2D eigenvalue weighted by Gasteiger charge is -2.35. The van der Waals surface area contributed by atoms with Crippen LogP contribution in [0.2, 0.25) is 0 Å². The maximum atomic E-state index is 12.7. The Morgan fingerprint density at radius 2 is 1.96 bits per heavy atom. The van der Waals surface area contributed by atoms with E-state index in [1.54, 1.807) is 11.3 Å². The van der Waals surface area contributed by atoms with Crippen molar-refractivity contribution in [2.75, 3.05) is 40.0 Å². The van der Waals surface area contributed by atoms with Crippen molar-refractivity contribution in [2.45, 2.75) is 23.6 Å². The van der Waals surface area contributed by atoms with Gasteiger partial charge in [-0.15, -0.1) is 36.2 Å². The SMILES string of the molecule is CN(C)C(CNC(=O)C1(S(C)(=O)=O)CCNCC1)c1cccs1.Cl.Cl. The van der Waals surface area contributed by atoms with E-state index in [0.29, 0.717) is 32.5 Å². The van der Waals surface area contributed by atoms with E-state index in [1.807, 2.05) is 36.5 Å². The Morgan fingerprint density at radius 3 is 2.40 bits per heavy atom. The molecule has 1 fully saturated rings. The zero-order valence-corrected chi connectivity index (χ0v) is 17.9. The zero-order valence-electron chi connectivity index (χ0n) is 14.6. The van der Waals surface area contributed by atoms with Crippen LogP contribution < -0.4 is 10.6 Å². The van der Waals surface area contributed by atoms with Crippen molar-refractivity contribution in [3.63, 3.8) is 0 Å². The van der Waals surface area contributed by atoms with Gasteiger partial charge in [0.05, 0.1) is 6.04 Å². The Bertz CT molecular complexity index is 630. The second-order valence-electron chi connectivity index (χ2n) is 6.22. The highest BCUT2D eigenvalue weighted by molar-refractivity contribution is 7.92. The van der Waals surface area contributed by atoms with E-state index in [1.165, 1.54) is 6.26 Å². The molecule has 10 heteroatoms. The minimum Gasteiger partial charge on any atom is -0.353 e. The van der Waals surface area contributed by atoms with E-state index in [0.717, 1.165) is 4.88 Å². The summed E-state index contributed by atoms with van der Waals surface area (Å²) in [6, 6.07) is 4.04. The lowest BCUT2D eigenvalue weighted by Crippen LogP contribution is -2.57. The number of halogens is 2. The summed E-state index contributed by atoms with van der Waals surface area (Å²) in [6.45, 7) is 1.49. The predicted octanol–water partition coefficient (Wildman–Crippen LogP) is 1.48. The van der Waals surface area contributed by atoms with Crippen molar-refractivity contribution in [3.8, 4) is 0 Å². The number of rotatable bonds is 6. The number of carbonyl (C=O) groups excluding carboxylic acids is 1. The van der Waals surface area contributed by atoms with Crippen molar-refractivity contribution >= 4 is 51.9 Å². The molecule has 1 aromatic rings. The third-order valence-corrected chi connectivity index (χ3v) is 7.47. The molecule has 2 rings (SSSR count). The normalized spacial score (nSPS) is 17.9. The molecule has 1 unspecified atom stereocenters. The number of hydrogen-bond acceptors (Lipinski definition) is 6. The fourth-order valence-electron chi connectivity index (χ4n) is 2.97. The molecular weight excluding hydrogens is 405 g/mol. The lowest BCUT2D eigenvalue weighted by atomic mass is 9.95. The first-order chi connectivity index (χ1) is 10.8. The second kappa shape index (κ2) is 10.1. The fraction of sp³-hybridized carbons (Fsp3) is 0.667. The van der Waals surface area contributed by atoms with Crippen LogP contribution in [0.3, 0.4) is 0 Å². The van der Waals surface area contributed by atoms with E-state index >= 15 is 0 Å². The van der Waals surface area contributed by atoms with Gasteiger partial charge in [-0.05, 0) is 51.5 Å². The molecular formula is C15H27Cl2N3O3S2. The number of nitrogens with one attached hydrogen (secondary N) is 2. The first-order valence-corrected chi connectivity index (χ1v) is 10.4. The molecule has 2 heterocycles. The molecule has 0 aliphatic carbocycles. The summed E-state index contributed by atoms with van der Waals surface area (Å²) in [5.41, 5.74) is 0. The summed E-state index contributed by atoms with van der Waals surface area (Å²) >= 11 is 1.63. The first kappa shape index (κ1) is 24.6. The summed E-state index contributed by atoms with van der Waals surface area (Å²) < 4.78 is 23.2. The van der Waals surface area contributed by atoms with Crippen LogP contribution >= 0.6 is 36.2 Å². The van der Waals surface area contributed by atoms with Crippen molar-refractivity contribution in [1.29, 1.82) is 0 Å². The van der Waals surface area contributed by atoms with Crippen LogP contribution in [0.5, 0.6) is 0 Å². The predicted molar refractivity (Wildman–Crippen MR) is 108 cm³/mol. The van der Waals surface area contributed by atoms with E-state index in [9.17, 15) is 13.2 Å². The van der Waals surface area contributed by atoms with Crippen LogP contribution in [0.25, 0.3) is 0 Å². The first-order valence-electron chi connectivity index (χ1n) is 7.66. The quantitative estimate of drug-likeness (QED) is 0.712. The molecule has 0 aromatic carbocycles. The Hall–Kier alpha value is -0.380. The molecule has 1 aromatic heterocycles. The van der Waals surface area contributed by atoms with Crippen LogP contribution in [-0.4, -0.2) is 64.0 Å². The number of hydrogen-bond donors (Lipinski definition) is 2. The minimum atomic E-state index is -3.47. The number of sulfone groups is 1. The van der Waals surface area contributed by atoms with Gasteiger partial charge < -0.3 is 15.5 Å². The third-order valence-electron chi connectivity index (χ3n) is 4.49. The molecule has 1 atom stereocenters. The van der Waals surface area contributed by atoms with E-state index < -0.39 is 14.6 Å². The van der Waals surface area contributed by atoms with Gasteiger partial charge in [0.15, 0.2) is 14.6 Å². The topological polar surface area (TPSA) is 78.5 Å². The smallest absolute Gasteiger partial charge is 0.241 e. The van der Waals surface area contributed by atoms with Gasteiger partial charge in [0.25, 0.3) is 0 Å².